The zero-order valence-corrected chi connectivity index (χ0v) is 9.87. The fraction of sp³-hybridized carbons (Fsp3) is 0.417. The molecule has 16 heavy (non-hydrogen) atoms. The Morgan fingerprint density at radius 3 is 3.12 bits per heavy atom. The van der Waals surface area contributed by atoms with Crippen LogP contribution in [0.1, 0.15) is 5.56 Å². The van der Waals surface area contributed by atoms with Crippen molar-refractivity contribution in [3.63, 3.8) is 0 Å². The molecule has 0 spiro atoms. The standard InChI is InChI=1S/C12H13ClN2O/c1-9-2-3-10(13)6-12(9)15-4-5-16-8-11(15)7-14/h2-3,6,11H,4-5,8H2,1H3. The van der Waals surface area contributed by atoms with Crippen LogP contribution >= 0.6 is 11.6 Å². The molecule has 1 unspecified atom stereocenters. The summed E-state index contributed by atoms with van der Waals surface area (Å²) in [5, 5.41) is 9.78. The number of hydrogen-bond donors (Lipinski definition) is 0. The van der Waals surface area contributed by atoms with Crippen LogP contribution in [-0.2, 0) is 4.74 Å². The summed E-state index contributed by atoms with van der Waals surface area (Å²) in [5.74, 6) is 0. The Kier molecular flexibility index (Phi) is 3.33. The van der Waals surface area contributed by atoms with E-state index in [0.717, 1.165) is 17.8 Å². The molecule has 2 rings (SSSR count). The lowest BCUT2D eigenvalue weighted by atomic mass is 10.1. The third-order valence-electron chi connectivity index (χ3n) is 2.76. The van der Waals surface area contributed by atoms with Gasteiger partial charge in [0, 0.05) is 17.3 Å². The van der Waals surface area contributed by atoms with Gasteiger partial charge in [0.05, 0.1) is 19.3 Å². The SMILES string of the molecule is Cc1ccc(Cl)cc1N1CCOCC1C#N. The van der Waals surface area contributed by atoms with E-state index >= 15 is 0 Å². The second-order valence-electron chi connectivity index (χ2n) is 3.84. The average molecular weight is 237 g/mol. The fourth-order valence-electron chi connectivity index (χ4n) is 1.89. The number of benzene rings is 1. The lowest BCUT2D eigenvalue weighted by Crippen LogP contribution is -2.45. The van der Waals surface area contributed by atoms with E-state index in [-0.39, 0.29) is 6.04 Å². The van der Waals surface area contributed by atoms with Crippen LogP contribution in [0.15, 0.2) is 18.2 Å². The number of rotatable bonds is 1. The van der Waals surface area contributed by atoms with Crippen LogP contribution in [0.3, 0.4) is 0 Å². The highest BCUT2D eigenvalue weighted by Gasteiger charge is 2.24. The van der Waals surface area contributed by atoms with E-state index in [1.165, 1.54) is 0 Å². The summed E-state index contributed by atoms with van der Waals surface area (Å²) in [4.78, 5) is 2.06. The highest BCUT2D eigenvalue weighted by molar-refractivity contribution is 6.30. The van der Waals surface area contributed by atoms with Crippen LogP contribution in [0.2, 0.25) is 5.02 Å². The van der Waals surface area contributed by atoms with E-state index in [4.69, 9.17) is 21.6 Å². The number of hydrogen-bond acceptors (Lipinski definition) is 3. The van der Waals surface area contributed by atoms with Gasteiger partial charge in [-0.15, -0.1) is 0 Å². The van der Waals surface area contributed by atoms with Gasteiger partial charge in [-0.25, -0.2) is 0 Å². The van der Waals surface area contributed by atoms with Crippen molar-refractivity contribution in [1.29, 1.82) is 5.26 Å². The van der Waals surface area contributed by atoms with Crippen molar-refractivity contribution in [2.24, 2.45) is 0 Å². The quantitative estimate of drug-likeness (QED) is 0.751. The van der Waals surface area contributed by atoms with Gasteiger partial charge in [-0.05, 0) is 24.6 Å². The predicted molar refractivity (Wildman–Crippen MR) is 63.8 cm³/mol. The van der Waals surface area contributed by atoms with Gasteiger partial charge >= 0.3 is 0 Å². The molecule has 0 amide bonds. The molecule has 0 aromatic heterocycles. The molecule has 0 aliphatic carbocycles. The van der Waals surface area contributed by atoms with Crippen molar-refractivity contribution in [2.45, 2.75) is 13.0 Å². The number of nitrogens with zero attached hydrogens (tertiary/aromatic N) is 2. The summed E-state index contributed by atoms with van der Waals surface area (Å²) in [6, 6.07) is 7.79. The molecule has 1 aromatic carbocycles. The summed E-state index contributed by atoms with van der Waals surface area (Å²) in [7, 11) is 0. The molecular weight excluding hydrogens is 224 g/mol. The first-order valence-electron chi connectivity index (χ1n) is 5.22. The molecule has 1 aliphatic heterocycles. The Balaban J connectivity index is 2.34. The van der Waals surface area contributed by atoms with E-state index in [9.17, 15) is 0 Å². The number of anilines is 1. The average Bonchev–Trinajstić information content (AvgIpc) is 2.32. The van der Waals surface area contributed by atoms with Gasteiger partial charge < -0.3 is 9.64 Å². The van der Waals surface area contributed by atoms with Gasteiger partial charge in [-0.3, -0.25) is 0 Å². The molecule has 1 aliphatic rings. The maximum absolute atomic E-state index is 9.08. The second kappa shape index (κ2) is 4.73. The van der Waals surface area contributed by atoms with Gasteiger partial charge in [0.1, 0.15) is 6.04 Å². The Morgan fingerprint density at radius 1 is 1.56 bits per heavy atom. The van der Waals surface area contributed by atoms with E-state index in [1.807, 2.05) is 25.1 Å². The zero-order chi connectivity index (χ0) is 11.5. The van der Waals surface area contributed by atoms with Gasteiger partial charge in [0.2, 0.25) is 0 Å². The fourth-order valence-corrected chi connectivity index (χ4v) is 2.06. The second-order valence-corrected chi connectivity index (χ2v) is 4.28. The molecule has 1 aromatic rings. The lowest BCUT2D eigenvalue weighted by molar-refractivity contribution is 0.107. The Hall–Kier alpha value is -1.24. The summed E-state index contributed by atoms with van der Waals surface area (Å²) < 4.78 is 5.30. The Labute approximate surface area is 100 Å². The molecule has 3 nitrogen and oxygen atoms in total. The maximum Gasteiger partial charge on any atom is 0.140 e. The monoisotopic (exact) mass is 236 g/mol. The number of ether oxygens (including phenoxy) is 1. The van der Waals surface area contributed by atoms with Crippen LogP contribution in [0, 0.1) is 18.3 Å². The summed E-state index contributed by atoms with van der Waals surface area (Å²) >= 11 is 5.99. The largest absolute Gasteiger partial charge is 0.376 e. The molecule has 1 heterocycles. The minimum Gasteiger partial charge on any atom is -0.376 e. The molecule has 0 N–H and O–H groups in total. The first-order valence-corrected chi connectivity index (χ1v) is 5.60. The molecular formula is C12H13ClN2O. The zero-order valence-electron chi connectivity index (χ0n) is 9.11. The van der Waals surface area contributed by atoms with Gasteiger partial charge in [0.25, 0.3) is 0 Å². The molecule has 0 bridgehead atoms. The van der Waals surface area contributed by atoms with Crippen molar-refractivity contribution >= 4 is 17.3 Å². The minimum atomic E-state index is -0.217. The van der Waals surface area contributed by atoms with Gasteiger partial charge in [-0.2, -0.15) is 5.26 Å². The number of morpholine rings is 1. The Bertz CT molecular complexity index is 428. The van der Waals surface area contributed by atoms with Crippen LogP contribution in [0.25, 0.3) is 0 Å². The molecule has 4 heteroatoms. The van der Waals surface area contributed by atoms with Gasteiger partial charge in [0.15, 0.2) is 0 Å². The smallest absolute Gasteiger partial charge is 0.140 e. The van der Waals surface area contributed by atoms with Crippen LogP contribution in [0.5, 0.6) is 0 Å². The predicted octanol–water partition coefficient (Wildman–Crippen LogP) is 2.38. The van der Waals surface area contributed by atoms with E-state index in [0.29, 0.717) is 18.2 Å². The van der Waals surface area contributed by atoms with E-state index in [1.54, 1.807) is 0 Å². The number of aryl methyl sites for hydroxylation is 1. The summed E-state index contributed by atoms with van der Waals surface area (Å²) in [6.07, 6.45) is 0. The lowest BCUT2D eigenvalue weighted by Gasteiger charge is -2.34. The molecule has 1 atom stereocenters. The van der Waals surface area contributed by atoms with E-state index in [2.05, 4.69) is 11.0 Å². The number of nitriles is 1. The van der Waals surface area contributed by atoms with Crippen molar-refractivity contribution < 1.29 is 4.74 Å². The van der Waals surface area contributed by atoms with Crippen molar-refractivity contribution in [3.05, 3.63) is 28.8 Å². The maximum atomic E-state index is 9.08. The summed E-state index contributed by atoms with van der Waals surface area (Å²) in [6.45, 7) is 3.88. The van der Waals surface area contributed by atoms with Crippen molar-refractivity contribution in [3.8, 4) is 6.07 Å². The van der Waals surface area contributed by atoms with Crippen LogP contribution < -0.4 is 4.90 Å². The van der Waals surface area contributed by atoms with Crippen LogP contribution in [0.4, 0.5) is 5.69 Å². The highest BCUT2D eigenvalue weighted by Crippen LogP contribution is 2.26. The summed E-state index contributed by atoms with van der Waals surface area (Å²) in [5.41, 5.74) is 2.16. The molecule has 1 saturated heterocycles. The molecule has 84 valence electrons. The Morgan fingerprint density at radius 2 is 2.38 bits per heavy atom. The molecule has 0 saturated carbocycles. The van der Waals surface area contributed by atoms with Crippen molar-refractivity contribution in [1.82, 2.24) is 0 Å². The van der Waals surface area contributed by atoms with E-state index < -0.39 is 0 Å². The van der Waals surface area contributed by atoms with Crippen LogP contribution in [-0.4, -0.2) is 25.8 Å². The molecule has 0 radical (unpaired) electrons. The minimum absolute atomic E-state index is 0.217. The highest BCUT2D eigenvalue weighted by atomic mass is 35.5. The topological polar surface area (TPSA) is 36.3 Å². The third-order valence-corrected chi connectivity index (χ3v) is 2.99. The molecule has 1 fully saturated rings. The normalized spacial score (nSPS) is 20.6. The number of halogens is 1. The van der Waals surface area contributed by atoms with Gasteiger partial charge in [-0.1, -0.05) is 17.7 Å². The van der Waals surface area contributed by atoms with Crippen molar-refractivity contribution in [2.75, 3.05) is 24.7 Å². The first kappa shape index (κ1) is 11.3. The third kappa shape index (κ3) is 2.13. The first-order chi connectivity index (χ1) is 7.72.